The van der Waals surface area contributed by atoms with Gasteiger partial charge >= 0.3 is 0 Å². The lowest BCUT2D eigenvalue weighted by Gasteiger charge is -2.16. The van der Waals surface area contributed by atoms with Crippen LogP contribution in [0, 0.1) is 6.92 Å². The molecule has 0 atom stereocenters. The molecule has 0 bridgehead atoms. The van der Waals surface area contributed by atoms with Crippen LogP contribution in [0.4, 0.5) is 11.4 Å². The molecule has 2 aromatic carbocycles. The molecule has 2 amide bonds. The second-order valence-corrected chi connectivity index (χ2v) is 6.96. The molecule has 0 unspecified atom stereocenters. The van der Waals surface area contributed by atoms with Crippen LogP contribution in [0.25, 0.3) is 10.9 Å². The number of nitrogens with zero attached hydrogens (tertiary/aromatic N) is 2. The van der Waals surface area contributed by atoms with E-state index in [1.54, 1.807) is 17.0 Å². The lowest BCUT2D eigenvalue weighted by Crippen LogP contribution is -2.24. The molecule has 1 saturated heterocycles. The molecular formula is C22H23N3O2. The standard InChI is InChI=1S/C22H23N3O2/c1-3-24-15(2)12-17-13-18(9-10-20(17)24)23-22(27)16-6-4-7-19(14-16)25-11-5-8-21(25)26/h4,6-7,9-10,12-14H,3,5,8,11H2,1-2H3,(H,23,27). The summed E-state index contributed by atoms with van der Waals surface area (Å²) >= 11 is 0. The Hall–Kier alpha value is -3.08. The Labute approximate surface area is 158 Å². The predicted molar refractivity (Wildman–Crippen MR) is 108 cm³/mol. The van der Waals surface area contributed by atoms with Gasteiger partial charge in [0.25, 0.3) is 5.91 Å². The van der Waals surface area contributed by atoms with Crippen LogP contribution < -0.4 is 10.2 Å². The number of nitrogens with one attached hydrogen (secondary N) is 1. The van der Waals surface area contributed by atoms with Gasteiger partial charge in [0.1, 0.15) is 0 Å². The first-order chi connectivity index (χ1) is 13.1. The molecule has 5 nitrogen and oxygen atoms in total. The summed E-state index contributed by atoms with van der Waals surface area (Å²) in [6.45, 7) is 5.85. The van der Waals surface area contributed by atoms with Gasteiger partial charge in [0.15, 0.2) is 0 Å². The Kier molecular flexibility index (Phi) is 4.44. The summed E-state index contributed by atoms with van der Waals surface area (Å²) in [5, 5.41) is 4.09. The summed E-state index contributed by atoms with van der Waals surface area (Å²) in [5.41, 5.74) is 4.48. The van der Waals surface area contributed by atoms with Gasteiger partial charge in [-0.25, -0.2) is 0 Å². The van der Waals surface area contributed by atoms with Crippen LogP contribution in [0.15, 0.2) is 48.5 Å². The molecule has 4 rings (SSSR count). The lowest BCUT2D eigenvalue weighted by atomic mass is 10.1. The van der Waals surface area contributed by atoms with E-state index in [0.29, 0.717) is 18.5 Å². The van der Waals surface area contributed by atoms with E-state index in [9.17, 15) is 9.59 Å². The van der Waals surface area contributed by atoms with Crippen molar-refractivity contribution in [2.75, 3.05) is 16.8 Å². The van der Waals surface area contributed by atoms with Gasteiger partial charge in [-0.1, -0.05) is 6.07 Å². The number of benzene rings is 2. The van der Waals surface area contributed by atoms with Crippen LogP contribution in [0.5, 0.6) is 0 Å². The van der Waals surface area contributed by atoms with E-state index in [1.165, 1.54) is 11.2 Å². The highest BCUT2D eigenvalue weighted by Crippen LogP contribution is 2.25. The first-order valence-electron chi connectivity index (χ1n) is 9.38. The third-order valence-electron chi connectivity index (χ3n) is 5.18. The number of aromatic nitrogens is 1. The average Bonchev–Trinajstić information content (AvgIpc) is 3.23. The van der Waals surface area contributed by atoms with Crippen molar-refractivity contribution in [1.82, 2.24) is 4.57 Å². The largest absolute Gasteiger partial charge is 0.345 e. The fraction of sp³-hybridized carbons (Fsp3) is 0.273. The fourth-order valence-electron chi connectivity index (χ4n) is 3.85. The number of hydrogen-bond acceptors (Lipinski definition) is 2. The minimum absolute atomic E-state index is 0.119. The molecule has 0 aliphatic carbocycles. The zero-order chi connectivity index (χ0) is 19.0. The van der Waals surface area contributed by atoms with Gasteiger partial charge in [-0.05, 0) is 62.7 Å². The minimum Gasteiger partial charge on any atom is -0.345 e. The van der Waals surface area contributed by atoms with Crippen molar-refractivity contribution in [2.45, 2.75) is 33.2 Å². The molecule has 1 aliphatic heterocycles. The Bertz CT molecular complexity index is 1040. The zero-order valence-electron chi connectivity index (χ0n) is 15.7. The quantitative estimate of drug-likeness (QED) is 0.751. The van der Waals surface area contributed by atoms with Crippen molar-refractivity contribution in [2.24, 2.45) is 0 Å². The zero-order valence-corrected chi connectivity index (χ0v) is 15.7. The normalized spacial score (nSPS) is 14.1. The maximum absolute atomic E-state index is 12.7. The van der Waals surface area contributed by atoms with E-state index in [2.05, 4.69) is 29.8 Å². The van der Waals surface area contributed by atoms with Gasteiger partial charge in [-0.2, -0.15) is 0 Å². The van der Waals surface area contributed by atoms with Gasteiger partial charge in [-0.15, -0.1) is 0 Å². The lowest BCUT2D eigenvalue weighted by molar-refractivity contribution is -0.117. The van der Waals surface area contributed by atoms with E-state index in [0.717, 1.165) is 29.7 Å². The predicted octanol–water partition coefficient (Wildman–Crippen LogP) is 4.35. The summed E-state index contributed by atoms with van der Waals surface area (Å²) < 4.78 is 2.25. The van der Waals surface area contributed by atoms with Gasteiger partial charge in [-0.3, -0.25) is 9.59 Å². The molecule has 5 heteroatoms. The van der Waals surface area contributed by atoms with Crippen LogP contribution in [-0.2, 0) is 11.3 Å². The smallest absolute Gasteiger partial charge is 0.255 e. The van der Waals surface area contributed by atoms with E-state index < -0.39 is 0 Å². The summed E-state index contributed by atoms with van der Waals surface area (Å²) in [4.78, 5) is 26.4. The molecule has 0 radical (unpaired) electrons. The molecule has 27 heavy (non-hydrogen) atoms. The molecule has 1 aromatic heterocycles. The Morgan fingerprint density at radius 1 is 1.15 bits per heavy atom. The molecule has 3 aromatic rings. The van der Waals surface area contributed by atoms with Gasteiger partial charge < -0.3 is 14.8 Å². The first kappa shape index (κ1) is 17.3. The highest BCUT2D eigenvalue weighted by Gasteiger charge is 2.22. The van der Waals surface area contributed by atoms with Crippen LogP contribution in [0.1, 0.15) is 35.8 Å². The van der Waals surface area contributed by atoms with Crippen LogP contribution in [0.3, 0.4) is 0 Å². The maximum atomic E-state index is 12.7. The number of hydrogen-bond donors (Lipinski definition) is 1. The van der Waals surface area contributed by atoms with Gasteiger partial charge in [0.05, 0.1) is 0 Å². The summed E-state index contributed by atoms with van der Waals surface area (Å²) in [5.74, 6) is -0.0525. The average molecular weight is 361 g/mol. The van der Waals surface area contributed by atoms with Gasteiger partial charge in [0, 0.05) is 53.0 Å². The summed E-state index contributed by atoms with van der Waals surface area (Å²) in [7, 11) is 0. The fourth-order valence-corrected chi connectivity index (χ4v) is 3.85. The number of aryl methyl sites for hydroxylation is 2. The van der Waals surface area contributed by atoms with Crippen molar-refractivity contribution >= 4 is 34.1 Å². The number of carbonyl (C=O) groups is 2. The summed E-state index contributed by atoms with van der Waals surface area (Å²) in [6, 6.07) is 15.4. The number of amides is 2. The third kappa shape index (κ3) is 3.21. The Morgan fingerprint density at radius 3 is 2.74 bits per heavy atom. The van der Waals surface area contributed by atoms with Crippen LogP contribution in [0.2, 0.25) is 0 Å². The second-order valence-electron chi connectivity index (χ2n) is 6.96. The number of rotatable bonds is 4. The van der Waals surface area contributed by atoms with Crippen molar-refractivity contribution in [3.63, 3.8) is 0 Å². The first-order valence-corrected chi connectivity index (χ1v) is 9.38. The third-order valence-corrected chi connectivity index (χ3v) is 5.18. The Balaban J connectivity index is 1.57. The highest BCUT2D eigenvalue weighted by atomic mass is 16.2. The Morgan fingerprint density at radius 2 is 2.00 bits per heavy atom. The van der Waals surface area contributed by atoms with E-state index in [4.69, 9.17) is 0 Å². The van der Waals surface area contributed by atoms with E-state index in [-0.39, 0.29) is 11.8 Å². The van der Waals surface area contributed by atoms with E-state index in [1.807, 2.05) is 30.3 Å². The molecular weight excluding hydrogens is 338 g/mol. The maximum Gasteiger partial charge on any atom is 0.255 e. The van der Waals surface area contributed by atoms with Crippen molar-refractivity contribution in [3.05, 3.63) is 59.8 Å². The van der Waals surface area contributed by atoms with Crippen molar-refractivity contribution < 1.29 is 9.59 Å². The van der Waals surface area contributed by atoms with Crippen molar-refractivity contribution in [3.8, 4) is 0 Å². The molecule has 0 saturated carbocycles. The SMILES string of the molecule is CCn1c(C)cc2cc(NC(=O)c3cccc(N4CCCC4=O)c3)ccc21. The number of anilines is 2. The monoisotopic (exact) mass is 361 g/mol. The molecule has 2 heterocycles. The van der Waals surface area contributed by atoms with Crippen molar-refractivity contribution in [1.29, 1.82) is 0 Å². The highest BCUT2D eigenvalue weighted by molar-refractivity contribution is 6.06. The molecule has 1 aliphatic rings. The summed E-state index contributed by atoms with van der Waals surface area (Å²) in [6.07, 6.45) is 1.44. The molecule has 1 fully saturated rings. The van der Waals surface area contributed by atoms with Gasteiger partial charge in [0.2, 0.25) is 5.91 Å². The second kappa shape index (κ2) is 6.91. The topological polar surface area (TPSA) is 54.3 Å². The molecule has 138 valence electrons. The number of fused-ring (bicyclic) bond motifs is 1. The van der Waals surface area contributed by atoms with E-state index >= 15 is 0 Å². The van der Waals surface area contributed by atoms with Crippen LogP contribution in [-0.4, -0.2) is 22.9 Å². The minimum atomic E-state index is -0.172. The molecule has 1 N–H and O–H groups in total. The number of carbonyl (C=O) groups excluding carboxylic acids is 2. The molecule has 0 spiro atoms. The van der Waals surface area contributed by atoms with Crippen LogP contribution >= 0.6 is 0 Å².